The number of hydrogen-bond donors (Lipinski definition) is 1. The van der Waals surface area contributed by atoms with Crippen LogP contribution in [0.15, 0.2) is 18.2 Å². The van der Waals surface area contributed by atoms with Crippen LogP contribution in [-0.4, -0.2) is 30.9 Å². The average Bonchev–Trinajstić information content (AvgIpc) is 2.99. The summed E-state index contributed by atoms with van der Waals surface area (Å²) in [6, 6.07) is 6.21. The largest absolute Gasteiger partial charge is 0.341 e. The number of fused-ring (bicyclic) bond motifs is 1. The van der Waals surface area contributed by atoms with Gasteiger partial charge in [0, 0.05) is 25.7 Å². The highest BCUT2D eigenvalue weighted by Crippen LogP contribution is 2.25. The Hall–Kier alpha value is -1.35. The second-order valence-electron chi connectivity index (χ2n) is 6.25. The van der Waals surface area contributed by atoms with Crippen molar-refractivity contribution in [2.45, 2.75) is 38.6 Å². The number of nitrogens with one attached hydrogen (secondary N) is 1. The fourth-order valence-electron chi connectivity index (χ4n) is 3.50. The van der Waals surface area contributed by atoms with E-state index in [2.05, 4.69) is 17.4 Å². The number of benzene rings is 1. The van der Waals surface area contributed by atoms with Crippen LogP contribution >= 0.6 is 0 Å². The summed E-state index contributed by atoms with van der Waals surface area (Å²) in [5.41, 5.74) is 3.52. The van der Waals surface area contributed by atoms with Gasteiger partial charge in [-0.2, -0.15) is 0 Å². The molecule has 0 atom stereocenters. The lowest BCUT2D eigenvalue weighted by molar-refractivity contribution is 0.0773. The van der Waals surface area contributed by atoms with Crippen molar-refractivity contribution in [3.05, 3.63) is 34.9 Å². The minimum absolute atomic E-state index is 0.172. The SMILES string of the molecule is CN(CC1CCCC1)C(=O)c1ccc2c(c1)CNCC2. The molecular formula is C17H24N2O. The van der Waals surface area contributed by atoms with E-state index in [1.165, 1.54) is 36.8 Å². The highest BCUT2D eigenvalue weighted by atomic mass is 16.2. The molecule has 1 aromatic carbocycles. The minimum atomic E-state index is 0.172. The van der Waals surface area contributed by atoms with Crippen LogP contribution in [-0.2, 0) is 13.0 Å². The lowest BCUT2D eigenvalue weighted by Crippen LogP contribution is -2.31. The Bertz CT molecular complexity index is 492. The molecule has 0 saturated heterocycles. The lowest BCUT2D eigenvalue weighted by atomic mass is 9.98. The Kier molecular flexibility index (Phi) is 4.06. The van der Waals surface area contributed by atoms with Gasteiger partial charge in [-0.3, -0.25) is 4.79 Å². The quantitative estimate of drug-likeness (QED) is 0.917. The molecule has 1 aliphatic carbocycles. The molecule has 1 aliphatic heterocycles. The smallest absolute Gasteiger partial charge is 0.253 e. The minimum Gasteiger partial charge on any atom is -0.341 e. The number of amides is 1. The van der Waals surface area contributed by atoms with Gasteiger partial charge in [0.05, 0.1) is 0 Å². The van der Waals surface area contributed by atoms with Crippen LogP contribution in [0.1, 0.15) is 47.2 Å². The van der Waals surface area contributed by atoms with Gasteiger partial charge in [-0.1, -0.05) is 18.9 Å². The van der Waals surface area contributed by atoms with Crippen molar-refractivity contribution in [2.24, 2.45) is 5.92 Å². The molecule has 1 fully saturated rings. The standard InChI is InChI=1S/C17H24N2O/c1-19(12-13-4-2-3-5-13)17(20)15-7-6-14-8-9-18-11-16(14)10-15/h6-7,10,13,18H,2-5,8-9,11-12H2,1H3. The van der Waals surface area contributed by atoms with Gasteiger partial charge in [-0.05, 0) is 55.0 Å². The molecule has 3 nitrogen and oxygen atoms in total. The van der Waals surface area contributed by atoms with Crippen LogP contribution in [0.5, 0.6) is 0 Å². The number of hydrogen-bond acceptors (Lipinski definition) is 2. The Morgan fingerprint density at radius 2 is 2.10 bits per heavy atom. The molecule has 0 radical (unpaired) electrons. The zero-order valence-electron chi connectivity index (χ0n) is 12.3. The van der Waals surface area contributed by atoms with Gasteiger partial charge >= 0.3 is 0 Å². The second-order valence-corrected chi connectivity index (χ2v) is 6.25. The topological polar surface area (TPSA) is 32.3 Å². The van der Waals surface area contributed by atoms with E-state index in [9.17, 15) is 4.79 Å². The molecule has 2 aliphatic rings. The summed E-state index contributed by atoms with van der Waals surface area (Å²) in [6.07, 6.45) is 6.30. The number of rotatable bonds is 3. The van der Waals surface area contributed by atoms with Gasteiger partial charge in [-0.25, -0.2) is 0 Å². The van der Waals surface area contributed by atoms with E-state index in [1.54, 1.807) is 0 Å². The summed E-state index contributed by atoms with van der Waals surface area (Å²) in [5, 5.41) is 3.37. The molecule has 1 heterocycles. The molecule has 1 amide bonds. The van der Waals surface area contributed by atoms with Gasteiger partial charge in [-0.15, -0.1) is 0 Å². The summed E-state index contributed by atoms with van der Waals surface area (Å²) in [6.45, 7) is 2.85. The molecule has 1 saturated carbocycles. The van der Waals surface area contributed by atoms with Crippen molar-refractivity contribution < 1.29 is 4.79 Å². The third kappa shape index (κ3) is 2.88. The van der Waals surface area contributed by atoms with Gasteiger partial charge in [0.2, 0.25) is 0 Å². The van der Waals surface area contributed by atoms with Crippen LogP contribution < -0.4 is 5.32 Å². The van der Waals surface area contributed by atoms with E-state index in [1.807, 2.05) is 18.0 Å². The monoisotopic (exact) mass is 272 g/mol. The summed E-state index contributed by atoms with van der Waals surface area (Å²) >= 11 is 0. The third-order valence-corrected chi connectivity index (χ3v) is 4.69. The summed E-state index contributed by atoms with van der Waals surface area (Å²) in [4.78, 5) is 14.4. The van der Waals surface area contributed by atoms with E-state index in [-0.39, 0.29) is 5.91 Å². The molecule has 3 heteroatoms. The van der Waals surface area contributed by atoms with Crippen LogP contribution in [0, 0.1) is 5.92 Å². The maximum atomic E-state index is 12.5. The van der Waals surface area contributed by atoms with Crippen molar-refractivity contribution in [3.8, 4) is 0 Å². The first kappa shape index (κ1) is 13.6. The molecule has 0 spiro atoms. The molecule has 1 N–H and O–H groups in total. The van der Waals surface area contributed by atoms with E-state index in [0.717, 1.165) is 31.6 Å². The Morgan fingerprint density at radius 1 is 1.30 bits per heavy atom. The first-order chi connectivity index (χ1) is 9.74. The molecule has 108 valence electrons. The van der Waals surface area contributed by atoms with Crippen molar-refractivity contribution in [1.82, 2.24) is 10.2 Å². The van der Waals surface area contributed by atoms with Crippen molar-refractivity contribution in [1.29, 1.82) is 0 Å². The first-order valence-electron chi connectivity index (χ1n) is 7.82. The fourth-order valence-corrected chi connectivity index (χ4v) is 3.50. The Labute approximate surface area is 121 Å². The number of carbonyl (C=O) groups excluding carboxylic acids is 1. The van der Waals surface area contributed by atoms with E-state index in [0.29, 0.717) is 5.92 Å². The number of carbonyl (C=O) groups is 1. The normalized spacial score (nSPS) is 18.9. The lowest BCUT2D eigenvalue weighted by Gasteiger charge is -2.23. The zero-order valence-corrected chi connectivity index (χ0v) is 12.3. The highest BCUT2D eigenvalue weighted by molar-refractivity contribution is 5.94. The molecule has 1 aromatic rings. The van der Waals surface area contributed by atoms with Crippen LogP contribution in [0.2, 0.25) is 0 Å². The fraction of sp³-hybridized carbons (Fsp3) is 0.588. The zero-order chi connectivity index (χ0) is 13.9. The summed E-state index contributed by atoms with van der Waals surface area (Å²) in [5.74, 6) is 0.883. The molecular weight excluding hydrogens is 248 g/mol. The van der Waals surface area contributed by atoms with Gasteiger partial charge < -0.3 is 10.2 Å². The molecule has 0 aromatic heterocycles. The van der Waals surface area contributed by atoms with Gasteiger partial charge in [0.25, 0.3) is 5.91 Å². The van der Waals surface area contributed by atoms with E-state index >= 15 is 0 Å². The van der Waals surface area contributed by atoms with E-state index < -0.39 is 0 Å². The van der Waals surface area contributed by atoms with Crippen LogP contribution in [0.4, 0.5) is 0 Å². The highest BCUT2D eigenvalue weighted by Gasteiger charge is 2.21. The third-order valence-electron chi connectivity index (χ3n) is 4.69. The van der Waals surface area contributed by atoms with Crippen LogP contribution in [0.3, 0.4) is 0 Å². The summed E-state index contributed by atoms with van der Waals surface area (Å²) in [7, 11) is 1.94. The molecule has 20 heavy (non-hydrogen) atoms. The van der Waals surface area contributed by atoms with E-state index in [4.69, 9.17) is 0 Å². The maximum Gasteiger partial charge on any atom is 0.253 e. The predicted molar refractivity (Wildman–Crippen MR) is 80.8 cm³/mol. The van der Waals surface area contributed by atoms with Crippen molar-refractivity contribution >= 4 is 5.91 Å². The van der Waals surface area contributed by atoms with Crippen LogP contribution in [0.25, 0.3) is 0 Å². The van der Waals surface area contributed by atoms with Crippen molar-refractivity contribution in [3.63, 3.8) is 0 Å². The second kappa shape index (κ2) is 5.96. The average molecular weight is 272 g/mol. The molecule has 0 unspecified atom stereocenters. The Morgan fingerprint density at radius 3 is 2.90 bits per heavy atom. The first-order valence-corrected chi connectivity index (χ1v) is 7.82. The van der Waals surface area contributed by atoms with Gasteiger partial charge in [0.1, 0.15) is 0 Å². The van der Waals surface area contributed by atoms with Gasteiger partial charge in [0.15, 0.2) is 0 Å². The van der Waals surface area contributed by atoms with Crippen molar-refractivity contribution in [2.75, 3.05) is 20.1 Å². The molecule has 0 bridgehead atoms. The Balaban J connectivity index is 1.69. The predicted octanol–water partition coefficient (Wildman–Crippen LogP) is 2.59. The number of nitrogens with zero attached hydrogens (tertiary/aromatic N) is 1. The maximum absolute atomic E-state index is 12.5. The summed E-state index contributed by atoms with van der Waals surface area (Å²) < 4.78 is 0. The molecule has 3 rings (SSSR count).